The molecule has 0 heterocycles. The number of carbonyl (C=O) groups is 2. The average Bonchev–Trinajstić information content (AvgIpc) is 2.39. The van der Waals surface area contributed by atoms with Gasteiger partial charge in [0.2, 0.25) is 6.79 Å². The highest BCUT2D eigenvalue weighted by molar-refractivity contribution is 5.73. The van der Waals surface area contributed by atoms with Gasteiger partial charge in [0.15, 0.2) is 0 Å². The number of ether oxygens (including phenoxy) is 3. The molecule has 5 heteroatoms. The Kier molecular flexibility index (Phi) is 3.86. The van der Waals surface area contributed by atoms with Gasteiger partial charge in [0.1, 0.15) is 0 Å². The summed E-state index contributed by atoms with van der Waals surface area (Å²) < 4.78 is 13.7. The third-order valence-corrected chi connectivity index (χ3v) is 3.90. The van der Waals surface area contributed by atoms with Crippen molar-refractivity contribution in [2.45, 2.75) is 32.1 Å². The van der Waals surface area contributed by atoms with E-state index in [4.69, 9.17) is 4.74 Å². The van der Waals surface area contributed by atoms with E-state index >= 15 is 0 Å². The normalized spacial score (nSPS) is 30.8. The van der Waals surface area contributed by atoms with Crippen LogP contribution < -0.4 is 0 Å². The molecule has 0 saturated heterocycles. The second kappa shape index (κ2) is 5.38. The Hall–Kier alpha value is -1.26. The van der Waals surface area contributed by atoms with E-state index in [-0.39, 0.29) is 18.7 Å². The first-order valence-electron chi connectivity index (χ1n) is 6.08. The minimum Gasteiger partial charge on any atom is -0.438 e. The van der Waals surface area contributed by atoms with Crippen LogP contribution in [0.2, 0.25) is 0 Å². The van der Waals surface area contributed by atoms with Gasteiger partial charge in [0.05, 0.1) is 13.0 Å². The molecule has 3 saturated carbocycles. The molecule has 2 bridgehead atoms. The van der Waals surface area contributed by atoms with E-state index in [0.717, 1.165) is 19.3 Å². The van der Waals surface area contributed by atoms with E-state index in [0.29, 0.717) is 11.8 Å². The zero-order valence-electron chi connectivity index (χ0n) is 10.0. The summed E-state index contributed by atoms with van der Waals surface area (Å²) in [6, 6.07) is 0. The standard InChI is InChI=1S/C12H18O5/c1-15-12(14)17-7-16-11(13)10-6-8-2-4-9(10)5-3-8/h8-10H,2-7H2,1H3. The summed E-state index contributed by atoms with van der Waals surface area (Å²) in [4.78, 5) is 22.5. The topological polar surface area (TPSA) is 61.8 Å². The maximum absolute atomic E-state index is 11.8. The molecule has 0 spiro atoms. The van der Waals surface area contributed by atoms with E-state index in [2.05, 4.69) is 9.47 Å². The lowest BCUT2D eigenvalue weighted by molar-refractivity contribution is -0.163. The number of hydrogen-bond donors (Lipinski definition) is 0. The van der Waals surface area contributed by atoms with Crippen molar-refractivity contribution in [3.63, 3.8) is 0 Å². The maximum atomic E-state index is 11.8. The molecule has 0 aromatic heterocycles. The monoisotopic (exact) mass is 242 g/mol. The second-order valence-corrected chi connectivity index (χ2v) is 4.80. The first-order valence-corrected chi connectivity index (χ1v) is 6.08. The highest BCUT2D eigenvalue weighted by Gasteiger charge is 2.40. The Labute approximate surface area is 100 Å². The van der Waals surface area contributed by atoms with Gasteiger partial charge >= 0.3 is 12.1 Å². The minimum atomic E-state index is -0.831. The van der Waals surface area contributed by atoms with Crippen molar-refractivity contribution in [3.05, 3.63) is 0 Å². The van der Waals surface area contributed by atoms with Crippen LogP contribution in [0.25, 0.3) is 0 Å². The van der Waals surface area contributed by atoms with Crippen molar-refractivity contribution < 1.29 is 23.8 Å². The highest BCUT2D eigenvalue weighted by Crippen LogP contribution is 2.45. The molecule has 5 nitrogen and oxygen atoms in total. The maximum Gasteiger partial charge on any atom is 0.510 e. The Bertz CT molecular complexity index is 293. The number of methoxy groups -OCH3 is 1. The largest absolute Gasteiger partial charge is 0.510 e. The van der Waals surface area contributed by atoms with E-state index in [1.54, 1.807) is 0 Å². The Morgan fingerprint density at radius 1 is 1.12 bits per heavy atom. The zero-order valence-corrected chi connectivity index (χ0v) is 10.0. The summed E-state index contributed by atoms with van der Waals surface area (Å²) in [5, 5.41) is 0. The summed E-state index contributed by atoms with van der Waals surface area (Å²) in [7, 11) is 1.21. The van der Waals surface area contributed by atoms with Gasteiger partial charge in [-0.3, -0.25) is 4.79 Å². The van der Waals surface area contributed by atoms with Gasteiger partial charge in [-0.05, 0) is 31.1 Å². The number of esters is 1. The molecule has 0 amide bonds. The first kappa shape index (κ1) is 12.2. The predicted molar refractivity (Wildman–Crippen MR) is 58.0 cm³/mol. The quantitative estimate of drug-likeness (QED) is 0.560. The van der Waals surface area contributed by atoms with Crippen LogP contribution in [0.3, 0.4) is 0 Å². The fraction of sp³-hybridized carbons (Fsp3) is 0.833. The van der Waals surface area contributed by atoms with Crippen molar-refractivity contribution in [1.82, 2.24) is 0 Å². The van der Waals surface area contributed by atoms with E-state index in [1.165, 1.54) is 20.0 Å². The summed E-state index contributed by atoms with van der Waals surface area (Å²) in [5.74, 6) is 0.914. The second-order valence-electron chi connectivity index (χ2n) is 4.80. The van der Waals surface area contributed by atoms with Crippen LogP contribution in [0.1, 0.15) is 32.1 Å². The van der Waals surface area contributed by atoms with Crippen LogP contribution >= 0.6 is 0 Å². The summed E-state index contributed by atoms with van der Waals surface area (Å²) in [5.41, 5.74) is 0. The molecule has 0 aromatic rings. The van der Waals surface area contributed by atoms with E-state index in [1.807, 2.05) is 0 Å². The van der Waals surface area contributed by atoms with Gasteiger partial charge < -0.3 is 14.2 Å². The molecular formula is C12H18O5. The van der Waals surface area contributed by atoms with Crippen molar-refractivity contribution in [2.24, 2.45) is 17.8 Å². The van der Waals surface area contributed by atoms with Crippen LogP contribution in [-0.4, -0.2) is 26.0 Å². The van der Waals surface area contributed by atoms with Crippen molar-refractivity contribution >= 4 is 12.1 Å². The number of carbonyl (C=O) groups excluding carboxylic acids is 2. The molecule has 1 unspecified atom stereocenters. The highest BCUT2D eigenvalue weighted by atomic mass is 16.8. The Morgan fingerprint density at radius 2 is 1.82 bits per heavy atom. The molecule has 1 atom stereocenters. The lowest BCUT2D eigenvalue weighted by atomic mass is 9.65. The molecule has 0 aliphatic heterocycles. The molecule has 3 aliphatic rings. The number of hydrogen-bond acceptors (Lipinski definition) is 5. The number of fused-ring (bicyclic) bond motifs is 3. The van der Waals surface area contributed by atoms with Crippen molar-refractivity contribution in [1.29, 1.82) is 0 Å². The van der Waals surface area contributed by atoms with Crippen LogP contribution in [-0.2, 0) is 19.0 Å². The lowest BCUT2D eigenvalue weighted by Gasteiger charge is -2.40. The molecule has 96 valence electrons. The fourth-order valence-electron chi connectivity index (χ4n) is 2.97. The molecule has 3 aliphatic carbocycles. The van der Waals surface area contributed by atoms with Crippen LogP contribution in [0.4, 0.5) is 4.79 Å². The van der Waals surface area contributed by atoms with Crippen LogP contribution in [0.15, 0.2) is 0 Å². The first-order chi connectivity index (χ1) is 8.20. The fourth-order valence-corrected chi connectivity index (χ4v) is 2.97. The molecule has 0 N–H and O–H groups in total. The third kappa shape index (κ3) is 2.90. The van der Waals surface area contributed by atoms with Gasteiger partial charge in [-0.25, -0.2) is 4.79 Å². The van der Waals surface area contributed by atoms with E-state index in [9.17, 15) is 9.59 Å². The molecule has 0 radical (unpaired) electrons. The Balaban J connectivity index is 1.74. The number of rotatable bonds is 3. The summed E-state index contributed by atoms with van der Waals surface area (Å²) >= 11 is 0. The molecular weight excluding hydrogens is 224 g/mol. The van der Waals surface area contributed by atoms with Crippen molar-refractivity contribution in [2.75, 3.05) is 13.9 Å². The predicted octanol–water partition coefficient (Wildman–Crippen LogP) is 2.10. The van der Waals surface area contributed by atoms with Gasteiger partial charge in [0.25, 0.3) is 0 Å². The van der Waals surface area contributed by atoms with Crippen molar-refractivity contribution in [3.8, 4) is 0 Å². The minimum absolute atomic E-state index is 0.00347. The lowest BCUT2D eigenvalue weighted by Crippen LogP contribution is -2.37. The summed E-state index contributed by atoms with van der Waals surface area (Å²) in [6.45, 7) is -0.348. The Morgan fingerprint density at radius 3 is 2.35 bits per heavy atom. The van der Waals surface area contributed by atoms with Gasteiger partial charge in [-0.2, -0.15) is 0 Å². The van der Waals surface area contributed by atoms with Gasteiger partial charge in [-0.1, -0.05) is 12.8 Å². The average molecular weight is 242 g/mol. The molecule has 17 heavy (non-hydrogen) atoms. The van der Waals surface area contributed by atoms with Crippen LogP contribution in [0, 0.1) is 17.8 Å². The molecule has 0 aromatic carbocycles. The van der Waals surface area contributed by atoms with Gasteiger partial charge in [-0.15, -0.1) is 0 Å². The van der Waals surface area contributed by atoms with E-state index < -0.39 is 6.16 Å². The van der Waals surface area contributed by atoms with Crippen LogP contribution in [0.5, 0.6) is 0 Å². The SMILES string of the molecule is COC(=O)OCOC(=O)C1CC2CCC1CC2. The smallest absolute Gasteiger partial charge is 0.438 e. The molecule has 3 fully saturated rings. The van der Waals surface area contributed by atoms with Gasteiger partial charge in [0, 0.05) is 0 Å². The zero-order chi connectivity index (χ0) is 12.3. The third-order valence-electron chi connectivity index (χ3n) is 3.90. The summed E-state index contributed by atoms with van der Waals surface area (Å²) in [6.07, 6.45) is 4.84. The molecule has 3 rings (SSSR count).